The van der Waals surface area contributed by atoms with Crippen LogP contribution in [0.2, 0.25) is 0 Å². The Morgan fingerprint density at radius 1 is 1.24 bits per heavy atom. The molecule has 0 radical (unpaired) electrons. The molecule has 0 atom stereocenters. The van der Waals surface area contributed by atoms with E-state index in [0.29, 0.717) is 5.69 Å². The van der Waals surface area contributed by atoms with Crippen molar-refractivity contribution in [3.05, 3.63) is 54.0 Å². The molecular weight excluding hydrogens is 264 g/mol. The highest BCUT2D eigenvalue weighted by molar-refractivity contribution is 5.93. The summed E-state index contributed by atoms with van der Waals surface area (Å²) in [5.41, 5.74) is 1.57. The lowest BCUT2D eigenvalue weighted by Crippen LogP contribution is -2.31. The van der Waals surface area contributed by atoms with Crippen molar-refractivity contribution in [2.24, 2.45) is 0 Å². The number of hydrogen-bond donors (Lipinski definition) is 1. The summed E-state index contributed by atoms with van der Waals surface area (Å²) in [5.74, 6) is 0.546. The maximum absolute atomic E-state index is 12.0. The average Bonchev–Trinajstić information content (AvgIpc) is 2.47. The fraction of sp³-hybridized carbons (Fsp3) is 0.312. The Labute approximate surface area is 125 Å². The van der Waals surface area contributed by atoms with E-state index >= 15 is 0 Å². The summed E-state index contributed by atoms with van der Waals surface area (Å²) in [6.45, 7) is 4.56. The van der Waals surface area contributed by atoms with Gasteiger partial charge in [0.05, 0.1) is 0 Å². The van der Waals surface area contributed by atoms with Crippen molar-refractivity contribution in [3.8, 4) is 0 Å². The van der Waals surface area contributed by atoms with E-state index in [1.165, 1.54) is 11.9 Å². The van der Waals surface area contributed by atoms with E-state index in [0.717, 1.165) is 12.4 Å². The van der Waals surface area contributed by atoms with Gasteiger partial charge in [-0.25, -0.2) is 9.97 Å². The number of nitrogens with one attached hydrogen (secondary N) is 1. The van der Waals surface area contributed by atoms with E-state index in [9.17, 15) is 4.79 Å². The van der Waals surface area contributed by atoms with Gasteiger partial charge in [-0.05, 0) is 19.4 Å². The van der Waals surface area contributed by atoms with Gasteiger partial charge in [0.2, 0.25) is 0 Å². The standard InChI is InChI=1S/C16H20N4O/c1-12(2)19-16(21)14-9-15(18-11-17-14)20(3)10-13-7-5-4-6-8-13/h4-9,11-12H,10H2,1-3H3,(H,19,21). The van der Waals surface area contributed by atoms with Crippen molar-refractivity contribution in [2.75, 3.05) is 11.9 Å². The van der Waals surface area contributed by atoms with Crippen molar-refractivity contribution >= 4 is 11.7 Å². The molecule has 2 rings (SSSR count). The first-order valence-electron chi connectivity index (χ1n) is 6.94. The normalized spacial score (nSPS) is 10.5. The first kappa shape index (κ1) is 15.0. The number of amides is 1. The Balaban J connectivity index is 2.11. The Kier molecular flexibility index (Phi) is 4.87. The van der Waals surface area contributed by atoms with Crippen LogP contribution in [0.3, 0.4) is 0 Å². The third kappa shape index (κ3) is 4.27. The number of hydrogen-bond acceptors (Lipinski definition) is 4. The van der Waals surface area contributed by atoms with Crippen molar-refractivity contribution < 1.29 is 4.79 Å². The summed E-state index contributed by atoms with van der Waals surface area (Å²) in [5, 5.41) is 2.83. The number of rotatable bonds is 5. The summed E-state index contributed by atoms with van der Waals surface area (Å²) >= 11 is 0. The molecule has 0 aliphatic rings. The maximum Gasteiger partial charge on any atom is 0.270 e. The fourth-order valence-electron chi connectivity index (χ4n) is 1.95. The van der Waals surface area contributed by atoms with Gasteiger partial charge in [-0.3, -0.25) is 4.79 Å². The van der Waals surface area contributed by atoms with Crippen molar-refractivity contribution in [1.82, 2.24) is 15.3 Å². The minimum atomic E-state index is -0.179. The summed E-state index contributed by atoms with van der Waals surface area (Å²) in [7, 11) is 1.94. The molecule has 0 aliphatic heterocycles. The molecule has 1 N–H and O–H groups in total. The molecule has 5 nitrogen and oxygen atoms in total. The molecule has 0 bridgehead atoms. The van der Waals surface area contributed by atoms with Crippen LogP contribution < -0.4 is 10.2 Å². The zero-order valence-corrected chi connectivity index (χ0v) is 12.6. The van der Waals surface area contributed by atoms with Crippen LogP contribution in [0.15, 0.2) is 42.7 Å². The highest BCUT2D eigenvalue weighted by Gasteiger charge is 2.11. The third-order valence-corrected chi connectivity index (χ3v) is 2.96. The molecule has 0 saturated carbocycles. The first-order chi connectivity index (χ1) is 10.1. The van der Waals surface area contributed by atoms with E-state index in [2.05, 4.69) is 27.4 Å². The Morgan fingerprint density at radius 3 is 2.62 bits per heavy atom. The van der Waals surface area contributed by atoms with Crippen LogP contribution >= 0.6 is 0 Å². The number of anilines is 1. The van der Waals surface area contributed by atoms with Crippen molar-refractivity contribution in [1.29, 1.82) is 0 Å². The van der Waals surface area contributed by atoms with Gasteiger partial charge < -0.3 is 10.2 Å². The molecule has 1 aromatic heterocycles. The van der Waals surface area contributed by atoms with Gasteiger partial charge in [0, 0.05) is 25.7 Å². The molecule has 1 amide bonds. The highest BCUT2D eigenvalue weighted by atomic mass is 16.1. The summed E-state index contributed by atoms with van der Waals surface area (Å²) in [6, 6.07) is 11.9. The fourth-order valence-corrected chi connectivity index (χ4v) is 1.95. The lowest BCUT2D eigenvalue weighted by Gasteiger charge is -2.18. The van der Waals surface area contributed by atoms with E-state index in [4.69, 9.17) is 0 Å². The minimum Gasteiger partial charge on any atom is -0.355 e. The number of carbonyl (C=O) groups is 1. The van der Waals surface area contributed by atoms with Crippen LogP contribution in [0.1, 0.15) is 29.9 Å². The number of benzene rings is 1. The van der Waals surface area contributed by atoms with Crippen LogP contribution in [-0.2, 0) is 6.54 Å². The second-order valence-electron chi connectivity index (χ2n) is 5.23. The lowest BCUT2D eigenvalue weighted by atomic mass is 10.2. The molecule has 110 valence electrons. The molecule has 2 aromatic rings. The quantitative estimate of drug-likeness (QED) is 0.915. The van der Waals surface area contributed by atoms with Gasteiger partial charge in [-0.2, -0.15) is 0 Å². The summed E-state index contributed by atoms with van der Waals surface area (Å²) in [4.78, 5) is 22.2. The molecule has 0 aliphatic carbocycles. The maximum atomic E-state index is 12.0. The SMILES string of the molecule is CC(C)NC(=O)c1cc(N(C)Cc2ccccc2)ncn1. The number of carbonyl (C=O) groups excluding carboxylic acids is 1. The Bertz CT molecular complexity index is 598. The van der Waals surface area contributed by atoms with Gasteiger partial charge >= 0.3 is 0 Å². The summed E-state index contributed by atoms with van der Waals surface area (Å²) in [6.07, 6.45) is 1.42. The highest BCUT2D eigenvalue weighted by Crippen LogP contribution is 2.13. The monoisotopic (exact) mass is 284 g/mol. The van der Waals surface area contributed by atoms with Crippen LogP contribution in [0.5, 0.6) is 0 Å². The largest absolute Gasteiger partial charge is 0.355 e. The average molecular weight is 284 g/mol. The molecular formula is C16H20N4O. The molecule has 0 spiro atoms. The second-order valence-corrected chi connectivity index (χ2v) is 5.23. The van der Waals surface area contributed by atoms with Crippen LogP contribution in [-0.4, -0.2) is 29.0 Å². The van der Waals surface area contributed by atoms with Gasteiger partial charge in [-0.15, -0.1) is 0 Å². The minimum absolute atomic E-state index is 0.0814. The van der Waals surface area contributed by atoms with Gasteiger partial charge in [-0.1, -0.05) is 30.3 Å². The lowest BCUT2D eigenvalue weighted by molar-refractivity contribution is 0.0938. The van der Waals surface area contributed by atoms with E-state index in [1.807, 2.05) is 44.0 Å². The van der Waals surface area contributed by atoms with Crippen molar-refractivity contribution in [3.63, 3.8) is 0 Å². The molecule has 0 saturated heterocycles. The molecule has 21 heavy (non-hydrogen) atoms. The van der Waals surface area contributed by atoms with Gasteiger partial charge in [0.1, 0.15) is 17.8 Å². The van der Waals surface area contributed by atoms with Crippen LogP contribution in [0.25, 0.3) is 0 Å². The Hall–Kier alpha value is -2.43. The zero-order valence-electron chi connectivity index (χ0n) is 12.6. The van der Waals surface area contributed by atoms with E-state index in [-0.39, 0.29) is 11.9 Å². The number of aromatic nitrogens is 2. The third-order valence-electron chi connectivity index (χ3n) is 2.96. The van der Waals surface area contributed by atoms with Crippen molar-refractivity contribution in [2.45, 2.75) is 26.4 Å². The Morgan fingerprint density at radius 2 is 1.95 bits per heavy atom. The van der Waals surface area contributed by atoms with E-state index < -0.39 is 0 Å². The second kappa shape index (κ2) is 6.83. The van der Waals surface area contributed by atoms with Crippen LogP contribution in [0, 0.1) is 0 Å². The van der Waals surface area contributed by atoms with Crippen LogP contribution in [0.4, 0.5) is 5.82 Å². The van der Waals surface area contributed by atoms with Gasteiger partial charge in [0.25, 0.3) is 5.91 Å². The molecule has 1 heterocycles. The topological polar surface area (TPSA) is 58.1 Å². The predicted octanol–water partition coefficient (Wildman–Crippen LogP) is 2.25. The molecule has 1 aromatic carbocycles. The number of nitrogens with zero attached hydrogens (tertiary/aromatic N) is 3. The van der Waals surface area contributed by atoms with E-state index in [1.54, 1.807) is 6.07 Å². The smallest absolute Gasteiger partial charge is 0.270 e. The van der Waals surface area contributed by atoms with Gasteiger partial charge in [0.15, 0.2) is 0 Å². The first-order valence-corrected chi connectivity index (χ1v) is 6.94. The summed E-state index contributed by atoms with van der Waals surface area (Å²) < 4.78 is 0. The predicted molar refractivity (Wildman–Crippen MR) is 83.2 cm³/mol. The molecule has 0 fully saturated rings. The molecule has 5 heteroatoms. The zero-order chi connectivity index (χ0) is 15.2. The molecule has 0 unspecified atom stereocenters.